The van der Waals surface area contributed by atoms with Crippen LogP contribution in [0, 0.1) is 5.92 Å². The molecule has 1 fully saturated rings. The first-order valence-corrected chi connectivity index (χ1v) is 13.5. The number of carbonyl (C=O) groups is 2. The fourth-order valence-electron chi connectivity index (χ4n) is 5.65. The third kappa shape index (κ3) is 3.92. The topological polar surface area (TPSA) is 78.0 Å². The molecule has 0 aromatic heterocycles. The molecule has 180 valence electrons. The number of rotatable bonds is 3. The Balaban J connectivity index is 1.29. The first kappa shape index (κ1) is 23.1. The zero-order chi connectivity index (χ0) is 24.0. The molecule has 3 heterocycles. The number of aryl methyl sites for hydroxylation is 1. The number of para-hydroxylation sites is 1. The lowest BCUT2D eigenvalue weighted by molar-refractivity contribution is -0.123. The molecule has 5 rings (SSSR count). The van der Waals surface area contributed by atoms with Crippen LogP contribution in [0.2, 0.25) is 0 Å². The number of sulfonamides is 1. The largest absolute Gasteiger partial charge is 0.312 e. The Morgan fingerprint density at radius 2 is 1.68 bits per heavy atom. The molecule has 2 amide bonds. The fourth-order valence-corrected chi connectivity index (χ4v) is 7.17. The number of anilines is 2. The molecule has 1 atom stereocenters. The minimum absolute atomic E-state index is 0.0294. The second kappa shape index (κ2) is 8.82. The Kier molecular flexibility index (Phi) is 5.98. The molecule has 0 aliphatic carbocycles. The van der Waals surface area contributed by atoms with Crippen molar-refractivity contribution in [3.05, 3.63) is 53.6 Å². The van der Waals surface area contributed by atoms with Crippen molar-refractivity contribution in [1.82, 2.24) is 4.31 Å². The van der Waals surface area contributed by atoms with E-state index in [9.17, 15) is 18.0 Å². The Bertz CT molecular complexity index is 1230. The van der Waals surface area contributed by atoms with E-state index in [1.54, 1.807) is 23.1 Å². The normalized spacial score (nSPS) is 21.3. The number of amides is 2. The third-order valence-corrected chi connectivity index (χ3v) is 9.33. The lowest BCUT2D eigenvalue weighted by Crippen LogP contribution is -2.46. The minimum atomic E-state index is -3.66. The standard InChI is InChI=1S/C26H31N3O4S/c1-18-16-21-6-3-4-8-25(21)29(18)26(31)20-11-14-27(15-12-20)34(32,33)23-9-10-24-22(17-23)7-5-13-28(24)19(2)30/h3-4,6,8-10,17-18,20H,5,7,11-16H2,1-2H3. The van der Waals surface area contributed by atoms with Gasteiger partial charge in [-0.2, -0.15) is 4.31 Å². The molecule has 2 aromatic rings. The van der Waals surface area contributed by atoms with Gasteiger partial charge in [0, 0.05) is 49.9 Å². The summed E-state index contributed by atoms with van der Waals surface area (Å²) >= 11 is 0. The van der Waals surface area contributed by atoms with Gasteiger partial charge in [0.15, 0.2) is 0 Å². The van der Waals surface area contributed by atoms with E-state index in [-0.39, 0.29) is 28.7 Å². The maximum absolute atomic E-state index is 13.4. The van der Waals surface area contributed by atoms with Crippen LogP contribution in [0.15, 0.2) is 47.4 Å². The van der Waals surface area contributed by atoms with Gasteiger partial charge < -0.3 is 9.80 Å². The van der Waals surface area contributed by atoms with E-state index < -0.39 is 10.0 Å². The Morgan fingerprint density at radius 3 is 2.41 bits per heavy atom. The van der Waals surface area contributed by atoms with E-state index in [1.165, 1.54) is 16.8 Å². The van der Waals surface area contributed by atoms with Crippen molar-refractivity contribution in [1.29, 1.82) is 0 Å². The Morgan fingerprint density at radius 1 is 0.941 bits per heavy atom. The van der Waals surface area contributed by atoms with Crippen LogP contribution in [0.5, 0.6) is 0 Å². The number of carbonyl (C=O) groups excluding carboxylic acids is 2. The van der Waals surface area contributed by atoms with Gasteiger partial charge >= 0.3 is 0 Å². The highest BCUT2D eigenvalue weighted by Gasteiger charge is 2.38. The number of nitrogens with zero attached hydrogens (tertiary/aromatic N) is 3. The van der Waals surface area contributed by atoms with Crippen molar-refractivity contribution in [2.24, 2.45) is 5.92 Å². The van der Waals surface area contributed by atoms with Gasteiger partial charge in [0.2, 0.25) is 21.8 Å². The molecule has 7 nitrogen and oxygen atoms in total. The molecule has 0 radical (unpaired) electrons. The molecule has 1 saturated heterocycles. The van der Waals surface area contributed by atoms with Gasteiger partial charge in [-0.05, 0) is 74.4 Å². The Labute approximate surface area is 201 Å². The molecule has 1 unspecified atom stereocenters. The molecule has 0 spiro atoms. The predicted molar refractivity (Wildman–Crippen MR) is 131 cm³/mol. The zero-order valence-electron chi connectivity index (χ0n) is 19.7. The Hall–Kier alpha value is -2.71. The van der Waals surface area contributed by atoms with Gasteiger partial charge in [-0.1, -0.05) is 18.2 Å². The van der Waals surface area contributed by atoms with Gasteiger partial charge in [-0.3, -0.25) is 9.59 Å². The zero-order valence-corrected chi connectivity index (χ0v) is 20.6. The maximum atomic E-state index is 13.4. The summed E-state index contributed by atoms with van der Waals surface area (Å²) in [5.41, 5.74) is 3.89. The fraction of sp³-hybridized carbons (Fsp3) is 0.462. The third-order valence-electron chi connectivity index (χ3n) is 7.44. The highest BCUT2D eigenvalue weighted by Crippen LogP contribution is 2.36. The maximum Gasteiger partial charge on any atom is 0.243 e. The van der Waals surface area contributed by atoms with E-state index in [0.717, 1.165) is 36.2 Å². The van der Waals surface area contributed by atoms with Gasteiger partial charge in [0.1, 0.15) is 0 Å². The van der Waals surface area contributed by atoms with Crippen LogP contribution >= 0.6 is 0 Å². The summed E-state index contributed by atoms with van der Waals surface area (Å²) < 4.78 is 28.3. The van der Waals surface area contributed by atoms with Crippen LogP contribution in [0.25, 0.3) is 0 Å². The average molecular weight is 482 g/mol. The highest BCUT2D eigenvalue weighted by atomic mass is 32.2. The first-order chi connectivity index (χ1) is 16.3. The molecule has 0 bridgehead atoms. The summed E-state index contributed by atoms with van der Waals surface area (Å²) in [5, 5.41) is 0. The van der Waals surface area contributed by atoms with E-state index in [1.807, 2.05) is 23.1 Å². The molecular weight excluding hydrogens is 450 g/mol. The van der Waals surface area contributed by atoms with E-state index in [0.29, 0.717) is 32.5 Å². The molecule has 34 heavy (non-hydrogen) atoms. The minimum Gasteiger partial charge on any atom is -0.312 e. The molecule has 0 N–H and O–H groups in total. The van der Waals surface area contributed by atoms with Crippen LogP contribution in [-0.4, -0.2) is 50.2 Å². The molecule has 3 aliphatic rings. The van der Waals surface area contributed by atoms with Crippen LogP contribution in [0.1, 0.15) is 44.2 Å². The predicted octanol–water partition coefficient (Wildman–Crippen LogP) is 3.36. The van der Waals surface area contributed by atoms with Crippen molar-refractivity contribution >= 4 is 33.2 Å². The average Bonchev–Trinajstić information content (AvgIpc) is 3.18. The first-order valence-electron chi connectivity index (χ1n) is 12.1. The van der Waals surface area contributed by atoms with E-state index in [2.05, 4.69) is 13.0 Å². The van der Waals surface area contributed by atoms with Crippen molar-refractivity contribution in [2.45, 2.75) is 56.9 Å². The van der Waals surface area contributed by atoms with Crippen LogP contribution < -0.4 is 9.80 Å². The SMILES string of the molecule is CC(=O)N1CCCc2cc(S(=O)(=O)N3CCC(C(=O)N4c5ccccc5CC4C)CC3)ccc21. The number of hydrogen-bond acceptors (Lipinski definition) is 4. The number of fused-ring (bicyclic) bond motifs is 2. The molecule has 3 aliphatic heterocycles. The van der Waals surface area contributed by atoms with Crippen LogP contribution in [0.3, 0.4) is 0 Å². The quantitative estimate of drug-likeness (QED) is 0.674. The lowest BCUT2D eigenvalue weighted by Gasteiger charge is -2.34. The summed E-state index contributed by atoms with van der Waals surface area (Å²) in [5.74, 6) is -0.0986. The molecule has 0 saturated carbocycles. The van der Waals surface area contributed by atoms with Gasteiger partial charge in [0.25, 0.3) is 0 Å². The van der Waals surface area contributed by atoms with Crippen LogP contribution in [-0.2, 0) is 32.5 Å². The van der Waals surface area contributed by atoms with Crippen molar-refractivity contribution in [2.75, 3.05) is 29.4 Å². The summed E-state index contributed by atoms with van der Waals surface area (Å²) in [6.45, 7) is 4.93. The number of hydrogen-bond donors (Lipinski definition) is 0. The highest BCUT2D eigenvalue weighted by molar-refractivity contribution is 7.89. The molecular formula is C26H31N3O4S. The summed E-state index contributed by atoms with van der Waals surface area (Å²) in [7, 11) is -3.66. The van der Waals surface area contributed by atoms with Gasteiger partial charge in [-0.15, -0.1) is 0 Å². The monoisotopic (exact) mass is 481 g/mol. The smallest absolute Gasteiger partial charge is 0.243 e. The van der Waals surface area contributed by atoms with Crippen molar-refractivity contribution in [3.8, 4) is 0 Å². The molecule has 2 aromatic carbocycles. The summed E-state index contributed by atoms with van der Waals surface area (Å²) in [6.07, 6.45) is 3.48. The van der Waals surface area contributed by atoms with Crippen molar-refractivity contribution in [3.63, 3.8) is 0 Å². The number of benzene rings is 2. The van der Waals surface area contributed by atoms with E-state index in [4.69, 9.17) is 0 Å². The van der Waals surface area contributed by atoms with Gasteiger partial charge in [-0.25, -0.2) is 8.42 Å². The van der Waals surface area contributed by atoms with E-state index >= 15 is 0 Å². The number of piperidine rings is 1. The van der Waals surface area contributed by atoms with Crippen LogP contribution in [0.4, 0.5) is 11.4 Å². The molecule has 8 heteroatoms. The van der Waals surface area contributed by atoms with Gasteiger partial charge in [0.05, 0.1) is 4.90 Å². The second-order valence-electron chi connectivity index (χ2n) is 9.63. The lowest BCUT2D eigenvalue weighted by atomic mass is 9.96. The second-order valence-corrected chi connectivity index (χ2v) is 11.6. The van der Waals surface area contributed by atoms with Crippen molar-refractivity contribution < 1.29 is 18.0 Å². The summed E-state index contributed by atoms with van der Waals surface area (Å²) in [4.78, 5) is 29.2. The summed E-state index contributed by atoms with van der Waals surface area (Å²) in [6, 6.07) is 13.2.